The number of fused-ring (bicyclic) bond motifs is 7. The molecule has 0 N–H and O–H groups in total. The summed E-state index contributed by atoms with van der Waals surface area (Å²) in [6.45, 7) is 0. The van der Waals surface area contributed by atoms with E-state index in [0.29, 0.717) is 5.82 Å². The van der Waals surface area contributed by atoms with E-state index in [1.165, 1.54) is 152 Å². The van der Waals surface area contributed by atoms with Gasteiger partial charge < -0.3 is 9.32 Å². The lowest BCUT2D eigenvalue weighted by Gasteiger charge is -2.38. The zero-order valence-corrected chi connectivity index (χ0v) is 50.7. The Balaban J connectivity index is 1.37. The second kappa shape index (κ2) is 19.0. The smallest absolute Gasteiger partial charge is 0.160 e. The maximum atomic E-state index is 7.52. The first-order valence-corrected chi connectivity index (χ1v) is 28.4. The zero-order valence-electron chi connectivity index (χ0n) is 49.9. The van der Waals surface area contributed by atoms with Gasteiger partial charge in [-0.3, -0.25) is 0 Å². The number of anilines is 3. The molecule has 0 radical (unpaired) electrons. The molecule has 0 aliphatic heterocycles. The molecule has 11 rings (SSSR count). The Morgan fingerprint density at radius 2 is 0.740 bits per heavy atom. The molecule has 4 nitrogen and oxygen atoms in total. The number of benzene rings is 8. The Morgan fingerprint density at radius 1 is 0.325 bits per heavy atom. The molecule has 0 unspecified atom stereocenters. The van der Waals surface area contributed by atoms with Gasteiger partial charge in [0.15, 0.2) is 5.82 Å². The highest BCUT2D eigenvalue weighted by Gasteiger charge is 2.34. The van der Waals surface area contributed by atoms with Crippen molar-refractivity contribution in [2.24, 2.45) is 0 Å². The molecule has 0 spiro atoms. The van der Waals surface area contributed by atoms with Crippen LogP contribution in [0.25, 0.3) is 86.8 Å². The van der Waals surface area contributed by atoms with Gasteiger partial charge >= 0.3 is 0 Å². The van der Waals surface area contributed by atoms with Crippen LogP contribution in [0.15, 0.2) is 59.0 Å². The van der Waals surface area contributed by atoms with Crippen LogP contribution in [-0.2, 0) is 0 Å². The third kappa shape index (κ3) is 7.50. The molecule has 27 heteroatoms. The summed E-state index contributed by atoms with van der Waals surface area (Å²) in [7, 11) is 51.1. The van der Waals surface area contributed by atoms with Crippen LogP contribution in [0.2, 0.25) is 0 Å². The quantitative estimate of drug-likeness (QED) is 0.156. The van der Waals surface area contributed by atoms with Crippen LogP contribution in [0.5, 0.6) is 0 Å². The van der Waals surface area contributed by atoms with Crippen LogP contribution in [0, 0.1) is 0 Å². The van der Waals surface area contributed by atoms with Crippen molar-refractivity contribution >= 4 is 374 Å². The van der Waals surface area contributed by atoms with E-state index in [9.17, 15) is 0 Å². The van der Waals surface area contributed by atoms with Crippen LogP contribution in [0.1, 0.15) is 0 Å². The Labute approximate surface area is 478 Å². The van der Waals surface area contributed by atoms with Crippen LogP contribution < -0.4 is 125 Å². The fraction of sp³-hybridized carbons (Fsp3) is 0. The van der Waals surface area contributed by atoms with Crippen molar-refractivity contribution < 1.29 is 4.42 Å². The predicted octanol–water partition coefficient (Wildman–Crippen LogP) is -23.9. The Bertz CT molecular complexity index is 4450. The second-order valence-corrected chi connectivity index (χ2v) is 24.1. The summed E-state index contributed by atoms with van der Waals surface area (Å²) in [5.41, 5.74) is 40.5. The summed E-state index contributed by atoms with van der Waals surface area (Å²) in [5, 5.41) is 6.03. The van der Waals surface area contributed by atoms with Gasteiger partial charge in [0.05, 0.1) is 11.2 Å². The Morgan fingerprint density at radius 3 is 1.34 bits per heavy atom. The second-order valence-electron chi connectivity index (χ2n) is 23.1. The molecule has 0 saturated heterocycles. The highest BCUT2D eigenvalue weighted by molar-refractivity contribution is 7.28. The molecule has 0 saturated carbocycles. The van der Waals surface area contributed by atoms with Gasteiger partial charge in [-0.1, -0.05) is 125 Å². The first kappa shape index (κ1) is 53.4. The van der Waals surface area contributed by atoms with E-state index in [0.717, 1.165) is 66.3 Å². The van der Waals surface area contributed by atoms with Crippen molar-refractivity contribution in [3.05, 3.63) is 54.6 Å². The van der Waals surface area contributed by atoms with E-state index in [-0.39, 0.29) is 0 Å². The van der Waals surface area contributed by atoms with Crippen molar-refractivity contribution in [3.63, 3.8) is 0 Å². The molecule has 3 heterocycles. The minimum absolute atomic E-state index is 0.692. The minimum Gasteiger partial charge on any atom is -0.457 e. The summed E-state index contributed by atoms with van der Waals surface area (Å²) in [6, 6.07) is 19.1. The summed E-state index contributed by atoms with van der Waals surface area (Å²) < 4.78 is 10.3. The van der Waals surface area contributed by atoms with Gasteiger partial charge in [0.2, 0.25) is 0 Å². The van der Waals surface area contributed by atoms with Crippen LogP contribution in [0.3, 0.4) is 0 Å². The number of para-hydroxylation sites is 1. The first-order chi connectivity index (χ1) is 36.4. The van der Waals surface area contributed by atoms with Crippen LogP contribution in [0.4, 0.5) is 17.1 Å². The molecule has 11 aromatic rings. The fourth-order valence-electron chi connectivity index (χ4n) is 13.7. The van der Waals surface area contributed by atoms with Gasteiger partial charge in [0.1, 0.15) is 184 Å². The molecular formula is C50H53B22N3OS. The monoisotopic (exact) mass is 986 g/mol. The van der Waals surface area contributed by atoms with Gasteiger partial charge in [-0.25, -0.2) is 9.97 Å². The lowest BCUT2D eigenvalue weighted by molar-refractivity contribution is 0.674. The standard InChI is InChI=1S/C50H53B22N3OS/c51-20-14(21(52)29(60)32(63)28(20)59)15-22(53)35(66)44(36(67)23(15)54)75(45-37(68)26(57)18-17-25(56)31(62)34(65)39(70)48(17)77-49(18)41(45)72)43-27(58)19(13-16-24(55)30(61)33(64)38(69)47(16)76-46(13)40(43)71)50-73-12-9-5-4-8-11(12)42(74-50)10-6-2-1-3-7-10/h1-9H,51-72H2. The van der Waals surface area contributed by atoms with E-state index in [4.69, 9.17) is 14.4 Å². The average molecular weight is 982 g/mol. The van der Waals surface area contributed by atoms with Crippen molar-refractivity contribution in [1.82, 2.24) is 9.97 Å². The van der Waals surface area contributed by atoms with Crippen molar-refractivity contribution in [2.45, 2.75) is 0 Å². The predicted molar refractivity (Wildman–Crippen MR) is 411 cm³/mol. The first-order valence-electron chi connectivity index (χ1n) is 27.6. The number of thiophene rings is 1. The molecule has 3 aromatic heterocycles. The van der Waals surface area contributed by atoms with Gasteiger partial charge in [0.25, 0.3) is 0 Å². The molecule has 346 valence electrons. The molecular weight excluding hydrogens is 929 g/mol. The number of aromatic nitrogens is 2. The molecule has 0 bridgehead atoms. The number of furan rings is 1. The molecule has 0 aliphatic carbocycles. The highest BCUT2D eigenvalue weighted by atomic mass is 32.1. The lowest BCUT2D eigenvalue weighted by atomic mass is 9.56. The number of hydrogen-bond acceptors (Lipinski definition) is 5. The summed E-state index contributed by atoms with van der Waals surface area (Å²) >= 11 is 1.97. The minimum atomic E-state index is 0.692. The van der Waals surface area contributed by atoms with Crippen LogP contribution >= 0.6 is 11.3 Å². The average Bonchev–Trinajstić information content (AvgIpc) is 4.05. The third-order valence-electron chi connectivity index (χ3n) is 19.7. The van der Waals surface area contributed by atoms with Crippen molar-refractivity contribution in [2.75, 3.05) is 4.90 Å². The van der Waals surface area contributed by atoms with Crippen LogP contribution in [-0.4, -0.2) is 183 Å². The fourth-order valence-corrected chi connectivity index (χ4v) is 15.2. The molecule has 8 aromatic carbocycles. The van der Waals surface area contributed by atoms with Gasteiger partial charge in [-0.2, -0.15) is 0 Å². The third-order valence-corrected chi connectivity index (χ3v) is 21.1. The maximum Gasteiger partial charge on any atom is 0.160 e. The number of rotatable bonds is 6. The Hall–Kier alpha value is -5.65. The summed E-state index contributed by atoms with van der Waals surface area (Å²) in [5.74, 6) is 0.692. The normalized spacial score (nSPS) is 11.7. The molecule has 0 fully saturated rings. The Kier molecular flexibility index (Phi) is 13.2. The SMILES string of the molecule is Bc1c(B)c(B)c(-c2c(B)c(B)c(N(c3c(B)c(-c4nc(-c5ccccc5)c5ccccc5n4)c4c(oc5c(B)c(B)c(B)c(B)c54)c3B)c3c(B)c(B)c4c(sc5c(B)c(B)c(B)c(B)c54)c3B)c(B)c2B)c(B)c1B. The number of hydrogen-bond donors (Lipinski definition) is 0. The highest BCUT2D eigenvalue weighted by Crippen LogP contribution is 2.40. The van der Waals surface area contributed by atoms with E-state index < -0.39 is 0 Å². The van der Waals surface area contributed by atoms with Crippen molar-refractivity contribution in [1.29, 1.82) is 0 Å². The zero-order chi connectivity index (χ0) is 55.4. The van der Waals surface area contributed by atoms with Gasteiger partial charge in [-0.05, 0) is 38.9 Å². The lowest BCUT2D eigenvalue weighted by Crippen LogP contribution is -2.57. The number of nitrogens with zero attached hydrogens (tertiary/aromatic N) is 3. The largest absolute Gasteiger partial charge is 0.457 e. The maximum absolute atomic E-state index is 7.52. The van der Waals surface area contributed by atoms with Crippen molar-refractivity contribution in [3.8, 4) is 33.8 Å². The molecule has 0 atom stereocenters. The van der Waals surface area contributed by atoms with E-state index in [1.54, 1.807) is 0 Å². The topological polar surface area (TPSA) is 42.2 Å². The van der Waals surface area contributed by atoms with Gasteiger partial charge in [-0.15, -0.1) is 44.1 Å². The molecule has 77 heavy (non-hydrogen) atoms. The summed E-state index contributed by atoms with van der Waals surface area (Å²) in [6.07, 6.45) is 0. The summed E-state index contributed by atoms with van der Waals surface area (Å²) in [4.78, 5) is 14.0. The molecule has 0 amide bonds. The van der Waals surface area contributed by atoms with Gasteiger partial charge in [0, 0.05) is 53.7 Å². The van der Waals surface area contributed by atoms with E-state index in [1.807, 2.05) is 11.3 Å². The van der Waals surface area contributed by atoms with E-state index in [2.05, 4.69) is 232 Å². The van der Waals surface area contributed by atoms with E-state index >= 15 is 0 Å². The molecule has 0 aliphatic rings.